The maximum Gasteiger partial charge on any atom is 0.271 e. The highest BCUT2D eigenvalue weighted by molar-refractivity contribution is 6.36. The Morgan fingerprint density at radius 1 is 1.23 bits per heavy atom. The lowest BCUT2D eigenvalue weighted by Gasteiger charge is -2.29. The summed E-state index contributed by atoms with van der Waals surface area (Å²) < 4.78 is 11.4. The summed E-state index contributed by atoms with van der Waals surface area (Å²) in [6.07, 6.45) is 2.97. The van der Waals surface area contributed by atoms with Crippen LogP contribution in [0.4, 0.5) is 0 Å². The molecule has 8 heteroatoms. The van der Waals surface area contributed by atoms with Crippen molar-refractivity contribution in [3.05, 3.63) is 62.9 Å². The van der Waals surface area contributed by atoms with Crippen molar-refractivity contribution in [1.29, 1.82) is 5.26 Å². The standard InChI is InChI=1S/C23H18Cl2N2O4/c1-13-18(10-15-5-7-21(31-15)17-6-4-14(24)9-20(17)25)22(28)27(23(29)19(13)11-26)12-16-3-2-8-30-16/h4-7,9-10,16H,2-3,8,12H2,1H3/b18-10-. The maximum absolute atomic E-state index is 13.1. The minimum absolute atomic E-state index is 0.0589. The summed E-state index contributed by atoms with van der Waals surface area (Å²) >= 11 is 12.2. The molecule has 0 saturated carbocycles. The summed E-state index contributed by atoms with van der Waals surface area (Å²) in [4.78, 5) is 26.9. The van der Waals surface area contributed by atoms with Crippen LogP contribution in [0, 0.1) is 11.3 Å². The number of hydrogen-bond acceptors (Lipinski definition) is 5. The highest BCUT2D eigenvalue weighted by Crippen LogP contribution is 2.33. The van der Waals surface area contributed by atoms with E-state index in [-0.39, 0.29) is 23.8 Å². The Kier molecular flexibility index (Phi) is 6.01. The van der Waals surface area contributed by atoms with Crippen LogP contribution in [-0.2, 0) is 14.3 Å². The van der Waals surface area contributed by atoms with Gasteiger partial charge in [0, 0.05) is 22.8 Å². The smallest absolute Gasteiger partial charge is 0.271 e. The van der Waals surface area contributed by atoms with Gasteiger partial charge in [-0.05, 0) is 61.7 Å². The third-order valence-electron chi connectivity index (χ3n) is 5.35. The second-order valence-electron chi connectivity index (χ2n) is 7.35. The lowest BCUT2D eigenvalue weighted by atomic mass is 9.94. The van der Waals surface area contributed by atoms with Crippen molar-refractivity contribution in [2.45, 2.75) is 25.9 Å². The van der Waals surface area contributed by atoms with Crippen LogP contribution in [0.2, 0.25) is 10.0 Å². The van der Waals surface area contributed by atoms with E-state index in [1.807, 2.05) is 6.07 Å². The number of carbonyl (C=O) groups is 2. The van der Waals surface area contributed by atoms with Gasteiger partial charge in [0.2, 0.25) is 0 Å². The molecule has 2 aromatic rings. The minimum atomic E-state index is -0.592. The first-order chi connectivity index (χ1) is 14.9. The third-order valence-corrected chi connectivity index (χ3v) is 5.89. The van der Waals surface area contributed by atoms with Gasteiger partial charge in [-0.1, -0.05) is 23.2 Å². The van der Waals surface area contributed by atoms with Crippen LogP contribution in [0.1, 0.15) is 25.5 Å². The Labute approximate surface area is 189 Å². The second-order valence-corrected chi connectivity index (χ2v) is 8.20. The molecule has 1 atom stereocenters. The number of benzene rings is 1. The zero-order chi connectivity index (χ0) is 22.1. The quantitative estimate of drug-likeness (QED) is 0.475. The number of nitrogens with zero attached hydrogens (tertiary/aromatic N) is 2. The van der Waals surface area contributed by atoms with Crippen LogP contribution in [0.5, 0.6) is 0 Å². The topological polar surface area (TPSA) is 83.5 Å². The van der Waals surface area contributed by atoms with Gasteiger partial charge in [-0.3, -0.25) is 14.5 Å². The molecule has 0 bridgehead atoms. The van der Waals surface area contributed by atoms with Gasteiger partial charge in [0.25, 0.3) is 11.8 Å². The van der Waals surface area contributed by atoms with E-state index in [1.54, 1.807) is 37.3 Å². The van der Waals surface area contributed by atoms with Gasteiger partial charge in [-0.25, -0.2) is 0 Å². The molecule has 2 aliphatic rings. The van der Waals surface area contributed by atoms with E-state index >= 15 is 0 Å². The number of hydrogen-bond donors (Lipinski definition) is 0. The minimum Gasteiger partial charge on any atom is -0.457 e. The van der Waals surface area contributed by atoms with E-state index in [9.17, 15) is 14.9 Å². The van der Waals surface area contributed by atoms with Crippen molar-refractivity contribution in [2.24, 2.45) is 0 Å². The predicted molar refractivity (Wildman–Crippen MR) is 116 cm³/mol. The number of nitriles is 1. The number of halogens is 2. The van der Waals surface area contributed by atoms with E-state index in [2.05, 4.69) is 0 Å². The van der Waals surface area contributed by atoms with Crippen molar-refractivity contribution >= 4 is 41.1 Å². The summed E-state index contributed by atoms with van der Waals surface area (Å²) in [6, 6.07) is 10.4. The number of imide groups is 1. The number of carbonyl (C=O) groups excluding carboxylic acids is 2. The first-order valence-electron chi connectivity index (χ1n) is 9.75. The molecule has 0 aliphatic carbocycles. The zero-order valence-electron chi connectivity index (χ0n) is 16.7. The van der Waals surface area contributed by atoms with Gasteiger partial charge in [0.15, 0.2) is 0 Å². The monoisotopic (exact) mass is 456 g/mol. The van der Waals surface area contributed by atoms with Crippen molar-refractivity contribution < 1.29 is 18.7 Å². The summed E-state index contributed by atoms with van der Waals surface area (Å²) in [7, 11) is 0. The first kappa shape index (κ1) is 21.4. The molecular formula is C23H18Cl2N2O4. The van der Waals surface area contributed by atoms with Gasteiger partial charge in [0.1, 0.15) is 23.2 Å². The predicted octanol–water partition coefficient (Wildman–Crippen LogP) is 5.02. The summed E-state index contributed by atoms with van der Waals surface area (Å²) in [6.45, 7) is 2.31. The average molecular weight is 457 g/mol. The van der Waals surface area contributed by atoms with Gasteiger partial charge >= 0.3 is 0 Å². The van der Waals surface area contributed by atoms with E-state index in [0.717, 1.165) is 17.7 Å². The Balaban J connectivity index is 1.69. The fourth-order valence-corrected chi connectivity index (χ4v) is 4.20. The van der Waals surface area contributed by atoms with E-state index < -0.39 is 11.8 Å². The molecule has 1 aromatic carbocycles. The SMILES string of the molecule is CC1=C(C#N)C(=O)N(CC2CCCO2)C(=O)/C1=C\c1ccc(-c2ccc(Cl)cc2Cl)o1. The van der Waals surface area contributed by atoms with Gasteiger partial charge in [-0.2, -0.15) is 5.26 Å². The van der Waals surface area contributed by atoms with Gasteiger partial charge in [0.05, 0.1) is 17.7 Å². The Hall–Kier alpha value is -2.85. The largest absolute Gasteiger partial charge is 0.457 e. The third kappa shape index (κ3) is 4.17. The highest BCUT2D eigenvalue weighted by atomic mass is 35.5. The Bertz CT molecular complexity index is 1170. The molecule has 2 amide bonds. The Morgan fingerprint density at radius 3 is 2.71 bits per heavy atom. The maximum atomic E-state index is 13.1. The second kappa shape index (κ2) is 8.72. The van der Waals surface area contributed by atoms with Crippen LogP contribution >= 0.6 is 23.2 Å². The van der Waals surface area contributed by atoms with E-state index in [0.29, 0.717) is 39.3 Å². The number of ether oxygens (including phenoxy) is 1. The molecule has 158 valence electrons. The van der Waals surface area contributed by atoms with E-state index in [4.69, 9.17) is 32.4 Å². The molecule has 1 unspecified atom stereocenters. The van der Waals surface area contributed by atoms with Crippen LogP contribution in [0.15, 0.2) is 51.5 Å². The van der Waals surface area contributed by atoms with Crippen LogP contribution in [0.3, 0.4) is 0 Å². The molecule has 2 aliphatic heterocycles. The molecule has 0 radical (unpaired) electrons. The Morgan fingerprint density at radius 2 is 2.03 bits per heavy atom. The van der Waals surface area contributed by atoms with Crippen LogP contribution in [-0.4, -0.2) is 36.0 Å². The number of furan rings is 1. The molecule has 4 rings (SSSR count). The molecule has 6 nitrogen and oxygen atoms in total. The average Bonchev–Trinajstić information content (AvgIpc) is 3.41. The number of rotatable bonds is 4. The van der Waals surface area contributed by atoms with Crippen molar-refractivity contribution in [3.8, 4) is 17.4 Å². The molecule has 3 heterocycles. The molecule has 31 heavy (non-hydrogen) atoms. The van der Waals surface area contributed by atoms with Crippen molar-refractivity contribution in [1.82, 2.24) is 4.90 Å². The van der Waals surface area contributed by atoms with E-state index in [1.165, 1.54) is 6.08 Å². The normalized spacial score (nSPS) is 20.6. The van der Waals surface area contributed by atoms with Crippen LogP contribution < -0.4 is 0 Å². The molecular weight excluding hydrogens is 439 g/mol. The van der Waals surface area contributed by atoms with Crippen LogP contribution in [0.25, 0.3) is 17.4 Å². The highest BCUT2D eigenvalue weighted by Gasteiger charge is 2.37. The zero-order valence-corrected chi connectivity index (χ0v) is 18.2. The van der Waals surface area contributed by atoms with Crippen molar-refractivity contribution in [2.75, 3.05) is 13.2 Å². The molecule has 0 spiro atoms. The van der Waals surface area contributed by atoms with Crippen molar-refractivity contribution in [3.63, 3.8) is 0 Å². The fourth-order valence-electron chi connectivity index (χ4n) is 3.69. The molecule has 1 aromatic heterocycles. The summed E-state index contributed by atoms with van der Waals surface area (Å²) in [5.74, 6) is -0.163. The lowest BCUT2D eigenvalue weighted by molar-refractivity contribution is -0.142. The van der Waals surface area contributed by atoms with Gasteiger partial charge in [-0.15, -0.1) is 0 Å². The first-order valence-corrected chi connectivity index (χ1v) is 10.5. The fraction of sp³-hybridized carbons (Fsp3) is 0.261. The molecule has 0 N–H and O–H groups in total. The summed E-state index contributed by atoms with van der Waals surface area (Å²) in [5.41, 5.74) is 1.16. The lowest BCUT2D eigenvalue weighted by Crippen LogP contribution is -2.46. The van der Waals surface area contributed by atoms with Gasteiger partial charge < -0.3 is 9.15 Å². The number of amides is 2. The molecule has 1 fully saturated rings. The summed E-state index contributed by atoms with van der Waals surface area (Å²) in [5, 5.41) is 10.5. The molecule has 1 saturated heterocycles.